The van der Waals surface area contributed by atoms with Crippen LogP contribution in [0.2, 0.25) is 0 Å². The molecule has 0 atom stereocenters. The lowest BCUT2D eigenvalue weighted by atomic mass is 10.1. The highest BCUT2D eigenvalue weighted by Crippen LogP contribution is 2.34. The van der Waals surface area contributed by atoms with Gasteiger partial charge in [-0.05, 0) is 12.1 Å². The van der Waals surface area contributed by atoms with Crippen LogP contribution < -0.4 is 16.7 Å². The Kier molecular flexibility index (Phi) is 3.40. The van der Waals surface area contributed by atoms with Crippen molar-refractivity contribution in [3.8, 4) is 11.3 Å². The van der Waals surface area contributed by atoms with Crippen molar-refractivity contribution in [2.24, 2.45) is 7.05 Å². The Labute approximate surface area is 132 Å². The highest BCUT2D eigenvalue weighted by atomic mass is 19.1. The topological polar surface area (TPSA) is 121 Å². The van der Waals surface area contributed by atoms with Crippen LogP contribution in [0, 0.1) is 15.9 Å². The predicted molar refractivity (Wildman–Crippen MR) is 84.2 cm³/mol. The van der Waals surface area contributed by atoms with Crippen molar-refractivity contribution in [1.82, 2.24) is 4.57 Å². The molecule has 2 aromatic heterocycles. The first-order valence-corrected chi connectivity index (χ1v) is 6.67. The Morgan fingerprint density at radius 3 is 2.62 bits per heavy atom. The number of nitrogens with zero attached hydrogens (tertiary/aromatic N) is 2. The van der Waals surface area contributed by atoms with E-state index in [4.69, 9.17) is 10.2 Å². The van der Waals surface area contributed by atoms with Crippen molar-refractivity contribution >= 4 is 22.3 Å². The molecule has 0 fully saturated rings. The van der Waals surface area contributed by atoms with Gasteiger partial charge in [-0.15, -0.1) is 0 Å². The molecule has 1 aromatic carbocycles. The third kappa shape index (κ3) is 2.32. The molecule has 0 saturated heterocycles. The Hall–Kier alpha value is -3.49. The number of nitro benzene ring substituents is 1. The summed E-state index contributed by atoms with van der Waals surface area (Å²) in [5.74, 6) is -1.14. The number of rotatable bonds is 2. The maximum Gasteiger partial charge on any atom is 0.338 e. The van der Waals surface area contributed by atoms with Crippen LogP contribution in [-0.2, 0) is 7.05 Å². The van der Waals surface area contributed by atoms with Crippen LogP contribution in [0.3, 0.4) is 0 Å². The number of nitrogen functional groups attached to an aromatic ring is 1. The number of aromatic nitrogens is 1. The van der Waals surface area contributed by atoms with Gasteiger partial charge in [0.15, 0.2) is 16.9 Å². The van der Waals surface area contributed by atoms with Gasteiger partial charge in [0, 0.05) is 30.9 Å². The number of benzene rings is 1. The molecule has 0 aliphatic rings. The Balaban J connectivity index is 2.41. The van der Waals surface area contributed by atoms with Gasteiger partial charge in [0.25, 0.3) is 5.56 Å². The number of hydrogen-bond acceptors (Lipinski definition) is 6. The maximum atomic E-state index is 13.7. The Morgan fingerprint density at radius 1 is 1.29 bits per heavy atom. The van der Waals surface area contributed by atoms with Crippen LogP contribution in [0.4, 0.5) is 15.8 Å². The lowest BCUT2D eigenvalue weighted by Crippen LogP contribution is -2.14. The van der Waals surface area contributed by atoms with Gasteiger partial charge in [-0.1, -0.05) is 0 Å². The standard InChI is InChI=1S/C15H10FN3O5/c1-18-3-2-7(4-12(18)21)11-6-10(20)8-5-9(16)13(17)14(19(22)23)15(8)24-11/h2-6H,17H2,1H3. The molecule has 24 heavy (non-hydrogen) atoms. The van der Waals surface area contributed by atoms with Crippen molar-refractivity contribution in [2.45, 2.75) is 0 Å². The van der Waals surface area contributed by atoms with Crippen molar-refractivity contribution in [3.05, 3.63) is 67.0 Å². The second kappa shape index (κ2) is 5.30. The summed E-state index contributed by atoms with van der Waals surface area (Å²) in [6, 6.07) is 4.54. The van der Waals surface area contributed by atoms with Crippen LogP contribution >= 0.6 is 0 Å². The zero-order valence-corrected chi connectivity index (χ0v) is 12.3. The van der Waals surface area contributed by atoms with E-state index in [1.165, 1.54) is 29.9 Å². The fourth-order valence-electron chi connectivity index (χ4n) is 2.28. The number of nitro groups is 1. The van der Waals surface area contributed by atoms with E-state index in [1.54, 1.807) is 0 Å². The molecular formula is C15H10FN3O5. The molecule has 0 saturated carbocycles. The summed E-state index contributed by atoms with van der Waals surface area (Å²) in [6.07, 6.45) is 1.45. The zero-order chi connectivity index (χ0) is 17.6. The molecule has 2 heterocycles. The second-order valence-electron chi connectivity index (χ2n) is 5.09. The molecule has 3 rings (SSSR count). The number of aryl methyl sites for hydroxylation is 1. The lowest BCUT2D eigenvalue weighted by molar-refractivity contribution is -0.382. The van der Waals surface area contributed by atoms with Crippen molar-refractivity contribution in [1.29, 1.82) is 0 Å². The second-order valence-corrected chi connectivity index (χ2v) is 5.09. The molecule has 0 aliphatic carbocycles. The first-order chi connectivity index (χ1) is 11.3. The number of nitrogens with two attached hydrogens (primary N) is 1. The van der Waals surface area contributed by atoms with E-state index in [9.17, 15) is 24.1 Å². The van der Waals surface area contributed by atoms with Crippen molar-refractivity contribution < 1.29 is 13.7 Å². The molecule has 0 radical (unpaired) electrons. The zero-order valence-electron chi connectivity index (χ0n) is 12.3. The number of fused-ring (bicyclic) bond motifs is 1. The predicted octanol–water partition coefficient (Wildman–Crippen LogP) is 1.79. The summed E-state index contributed by atoms with van der Waals surface area (Å²) < 4.78 is 20.4. The van der Waals surface area contributed by atoms with Gasteiger partial charge in [-0.25, -0.2) is 4.39 Å². The van der Waals surface area contributed by atoms with Crippen LogP contribution in [0.5, 0.6) is 0 Å². The molecule has 2 N–H and O–H groups in total. The molecule has 0 amide bonds. The summed E-state index contributed by atoms with van der Waals surface area (Å²) in [4.78, 5) is 34.2. The molecule has 0 bridgehead atoms. The molecule has 0 unspecified atom stereocenters. The van der Waals surface area contributed by atoms with E-state index >= 15 is 0 Å². The summed E-state index contributed by atoms with van der Waals surface area (Å²) in [5, 5.41) is 10.9. The SMILES string of the molecule is Cn1ccc(-c2cc(=O)c3cc(F)c(N)c([N+](=O)[O-])c3o2)cc1=O. The fraction of sp³-hybridized carbons (Fsp3) is 0.0667. The van der Waals surface area contributed by atoms with E-state index in [-0.39, 0.29) is 22.3 Å². The number of anilines is 1. The number of pyridine rings is 1. The van der Waals surface area contributed by atoms with E-state index in [2.05, 4.69) is 0 Å². The van der Waals surface area contributed by atoms with Crippen LogP contribution in [-0.4, -0.2) is 9.49 Å². The smallest absolute Gasteiger partial charge is 0.338 e. The summed E-state index contributed by atoms with van der Waals surface area (Å²) in [6.45, 7) is 0. The average Bonchev–Trinajstić information content (AvgIpc) is 2.51. The van der Waals surface area contributed by atoms with Gasteiger partial charge in [0.05, 0.1) is 10.3 Å². The van der Waals surface area contributed by atoms with Gasteiger partial charge < -0.3 is 14.7 Å². The monoisotopic (exact) mass is 331 g/mol. The first-order valence-electron chi connectivity index (χ1n) is 6.67. The lowest BCUT2D eigenvalue weighted by Gasteiger charge is -2.06. The van der Waals surface area contributed by atoms with Crippen LogP contribution in [0.25, 0.3) is 22.3 Å². The largest absolute Gasteiger partial charge is 0.448 e. The molecule has 0 aliphatic heterocycles. The minimum Gasteiger partial charge on any atom is -0.448 e. The first kappa shape index (κ1) is 15.4. The number of hydrogen-bond donors (Lipinski definition) is 1. The van der Waals surface area contributed by atoms with Gasteiger partial charge in [-0.3, -0.25) is 19.7 Å². The molecule has 3 aromatic rings. The number of halogens is 1. The summed E-state index contributed by atoms with van der Waals surface area (Å²) in [7, 11) is 1.54. The average molecular weight is 331 g/mol. The summed E-state index contributed by atoms with van der Waals surface area (Å²) in [5.41, 5.74) is 2.62. The molecule has 8 nitrogen and oxygen atoms in total. The van der Waals surface area contributed by atoms with Crippen molar-refractivity contribution in [2.75, 3.05) is 5.73 Å². The normalized spacial score (nSPS) is 10.9. The van der Waals surface area contributed by atoms with Gasteiger partial charge in [0.1, 0.15) is 5.76 Å². The van der Waals surface area contributed by atoms with Gasteiger partial charge in [-0.2, -0.15) is 0 Å². The third-order valence-electron chi connectivity index (χ3n) is 3.55. The molecule has 122 valence electrons. The van der Waals surface area contributed by atoms with Gasteiger partial charge >= 0.3 is 5.69 Å². The molecule has 9 heteroatoms. The summed E-state index contributed by atoms with van der Waals surface area (Å²) >= 11 is 0. The quantitative estimate of drug-likeness (QED) is 0.434. The highest BCUT2D eigenvalue weighted by molar-refractivity contribution is 5.92. The van der Waals surface area contributed by atoms with Crippen LogP contribution in [0.15, 0.2) is 44.5 Å². The van der Waals surface area contributed by atoms with E-state index in [0.29, 0.717) is 0 Å². The van der Waals surface area contributed by atoms with E-state index in [0.717, 1.165) is 12.1 Å². The fourth-order valence-corrected chi connectivity index (χ4v) is 2.28. The molecular weight excluding hydrogens is 321 g/mol. The Bertz CT molecular complexity index is 1120. The minimum absolute atomic E-state index is 0.0562. The van der Waals surface area contributed by atoms with E-state index < -0.39 is 33.1 Å². The van der Waals surface area contributed by atoms with Crippen LogP contribution in [0.1, 0.15) is 0 Å². The maximum absolute atomic E-state index is 13.7. The van der Waals surface area contributed by atoms with E-state index in [1.807, 2.05) is 0 Å². The van der Waals surface area contributed by atoms with Gasteiger partial charge in [0.2, 0.25) is 5.58 Å². The molecule has 0 spiro atoms. The highest BCUT2D eigenvalue weighted by Gasteiger charge is 2.25. The third-order valence-corrected chi connectivity index (χ3v) is 3.55. The Morgan fingerprint density at radius 2 is 2.00 bits per heavy atom. The minimum atomic E-state index is -1.08. The van der Waals surface area contributed by atoms with Crippen molar-refractivity contribution in [3.63, 3.8) is 0 Å².